The Kier molecular flexibility index (Phi) is 11.0. The summed E-state index contributed by atoms with van der Waals surface area (Å²) in [7, 11) is -0.825. The largest absolute Gasteiger partial charge is 0.497 e. The van der Waals surface area contributed by atoms with Crippen LogP contribution in [-0.4, -0.2) is 102 Å². The van der Waals surface area contributed by atoms with Crippen LogP contribution in [0.15, 0.2) is 54.6 Å². The van der Waals surface area contributed by atoms with Crippen molar-refractivity contribution < 1.29 is 46.9 Å². The molecule has 0 radical (unpaired) electrons. The number of carbonyl (C=O) groups excluding carboxylic acids is 3. The summed E-state index contributed by atoms with van der Waals surface area (Å²) < 4.78 is 45.3. The highest BCUT2D eigenvalue weighted by Crippen LogP contribution is 2.46. The molecule has 7 atom stereocenters. The summed E-state index contributed by atoms with van der Waals surface area (Å²) in [5, 5.41) is 15.0. The molecule has 0 spiro atoms. The summed E-state index contributed by atoms with van der Waals surface area (Å²) in [6.45, 7) is 3.71. The van der Waals surface area contributed by atoms with Crippen LogP contribution in [0.3, 0.4) is 0 Å². The molecule has 57 heavy (non-hydrogen) atoms. The van der Waals surface area contributed by atoms with Gasteiger partial charge in [-0.1, -0.05) is 26.0 Å². The Labute approximate surface area is 330 Å². The number of methoxy groups -OCH3 is 2. The third-order valence-corrected chi connectivity index (χ3v) is 13.2. The number of amides is 4. The number of aromatic nitrogens is 2. The maximum Gasteiger partial charge on any atom is 0.405 e. The minimum Gasteiger partial charge on any atom is -0.497 e. The number of hydrogen-bond acceptors (Lipinski definition) is 11. The van der Waals surface area contributed by atoms with Crippen molar-refractivity contribution in [2.45, 2.75) is 87.8 Å². The third kappa shape index (κ3) is 8.48. The van der Waals surface area contributed by atoms with E-state index in [2.05, 4.69) is 15.4 Å². The molecule has 3 heterocycles. The van der Waals surface area contributed by atoms with E-state index < -0.39 is 74.7 Å². The number of allylic oxidation sites excluding steroid dienone is 1. The van der Waals surface area contributed by atoms with Crippen LogP contribution < -0.4 is 29.6 Å². The van der Waals surface area contributed by atoms with Crippen LogP contribution >= 0.6 is 0 Å². The van der Waals surface area contributed by atoms with E-state index in [0.29, 0.717) is 59.5 Å². The zero-order valence-electron chi connectivity index (χ0n) is 32.3. The molecule has 4 amide bonds. The van der Waals surface area contributed by atoms with Crippen molar-refractivity contribution in [1.29, 1.82) is 0 Å². The molecule has 2 saturated carbocycles. The number of benzene rings is 2. The summed E-state index contributed by atoms with van der Waals surface area (Å²) in [6, 6.07) is 9.99. The molecular formula is C40H48N6O10S. The van der Waals surface area contributed by atoms with Gasteiger partial charge >= 0.3 is 6.09 Å². The van der Waals surface area contributed by atoms with Crippen molar-refractivity contribution >= 4 is 44.7 Å². The van der Waals surface area contributed by atoms with Gasteiger partial charge in [0.15, 0.2) is 5.82 Å². The predicted molar refractivity (Wildman–Crippen MR) is 208 cm³/mol. The minimum atomic E-state index is -3.93. The average Bonchev–Trinajstić information content (AvgIpc) is 4.11. The molecule has 4 aliphatic rings. The smallest absolute Gasteiger partial charge is 0.405 e. The number of ether oxygens (including phenoxy) is 3. The van der Waals surface area contributed by atoms with Crippen LogP contribution in [0.25, 0.3) is 22.3 Å². The Morgan fingerprint density at radius 2 is 1.70 bits per heavy atom. The first-order valence-electron chi connectivity index (χ1n) is 19.2. The van der Waals surface area contributed by atoms with Gasteiger partial charge in [0.25, 0.3) is 5.91 Å². The SMILES string of the molecule is COc1ccc(-c2nc(O[C@@H]3C[C@H]4C(=O)N[C@]5(C(=O)NS(=O)(=O)C6CC6)C[C@H]5C=CCC[C@@H](C)C[C@@H](C)[C@H](NC(=O)O)C(=O)N4C3)c3ccc(OC)cc3n2)cc1. The number of rotatable bonds is 9. The Morgan fingerprint density at radius 1 is 0.982 bits per heavy atom. The number of sulfonamides is 1. The second-order valence-corrected chi connectivity index (χ2v) is 17.6. The van der Waals surface area contributed by atoms with E-state index in [1.54, 1.807) is 63.6 Å². The van der Waals surface area contributed by atoms with Crippen LogP contribution in [0, 0.1) is 17.8 Å². The quantitative estimate of drug-likeness (QED) is 0.228. The fraction of sp³-hybridized carbons (Fsp3) is 0.500. The average molecular weight is 805 g/mol. The molecule has 1 saturated heterocycles. The third-order valence-electron chi connectivity index (χ3n) is 11.4. The van der Waals surface area contributed by atoms with E-state index in [0.717, 1.165) is 6.42 Å². The van der Waals surface area contributed by atoms with Gasteiger partial charge in [0.2, 0.25) is 27.7 Å². The minimum absolute atomic E-state index is 0.0414. The summed E-state index contributed by atoms with van der Waals surface area (Å²) in [4.78, 5) is 65.7. The summed E-state index contributed by atoms with van der Waals surface area (Å²) in [6.07, 6.45) is 4.47. The topological polar surface area (TPSA) is 215 Å². The number of hydrogen-bond donors (Lipinski definition) is 4. The van der Waals surface area contributed by atoms with E-state index in [4.69, 9.17) is 24.2 Å². The van der Waals surface area contributed by atoms with Gasteiger partial charge < -0.3 is 34.9 Å². The Hall–Kier alpha value is -5.45. The van der Waals surface area contributed by atoms with Crippen LogP contribution in [0.2, 0.25) is 0 Å². The predicted octanol–water partition coefficient (Wildman–Crippen LogP) is 3.79. The Balaban J connectivity index is 1.25. The van der Waals surface area contributed by atoms with Crippen LogP contribution in [0.1, 0.15) is 58.8 Å². The first-order valence-corrected chi connectivity index (χ1v) is 20.8. The maximum absolute atomic E-state index is 14.6. The van der Waals surface area contributed by atoms with Gasteiger partial charge in [0, 0.05) is 24.0 Å². The fourth-order valence-electron chi connectivity index (χ4n) is 7.95. The molecule has 1 aromatic heterocycles. The van der Waals surface area contributed by atoms with Crippen LogP contribution in [0.4, 0.5) is 4.79 Å². The van der Waals surface area contributed by atoms with Crippen molar-refractivity contribution in [2.75, 3.05) is 20.8 Å². The second kappa shape index (κ2) is 15.8. The van der Waals surface area contributed by atoms with Crippen molar-refractivity contribution in [1.82, 2.24) is 30.2 Å². The van der Waals surface area contributed by atoms with Gasteiger partial charge in [-0.3, -0.25) is 19.1 Å². The number of nitrogens with zero attached hydrogens (tertiary/aromatic N) is 3. The molecule has 0 unspecified atom stereocenters. The number of carbonyl (C=O) groups is 4. The molecule has 4 N–H and O–H groups in total. The summed E-state index contributed by atoms with van der Waals surface area (Å²) in [5.74, 6) is -1.22. The van der Waals surface area contributed by atoms with E-state index in [1.165, 1.54) is 4.90 Å². The maximum atomic E-state index is 14.6. The zero-order chi connectivity index (χ0) is 40.6. The summed E-state index contributed by atoms with van der Waals surface area (Å²) >= 11 is 0. The molecular weight excluding hydrogens is 757 g/mol. The zero-order valence-corrected chi connectivity index (χ0v) is 33.1. The molecule has 7 rings (SSSR count). The molecule has 2 aliphatic carbocycles. The lowest BCUT2D eigenvalue weighted by atomic mass is 9.88. The van der Waals surface area contributed by atoms with Crippen molar-refractivity contribution in [3.05, 3.63) is 54.6 Å². The first-order chi connectivity index (χ1) is 27.2. The van der Waals surface area contributed by atoms with Gasteiger partial charge in [0.05, 0.1) is 36.9 Å². The highest BCUT2D eigenvalue weighted by atomic mass is 32.2. The molecule has 2 aliphatic heterocycles. The van der Waals surface area contributed by atoms with Crippen molar-refractivity contribution in [2.24, 2.45) is 17.8 Å². The number of carboxylic acid groups (broad SMARTS) is 1. The van der Waals surface area contributed by atoms with Crippen molar-refractivity contribution in [3.8, 4) is 28.8 Å². The van der Waals surface area contributed by atoms with Gasteiger partial charge in [-0.2, -0.15) is 4.98 Å². The van der Waals surface area contributed by atoms with Gasteiger partial charge in [-0.05, 0) is 86.8 Å². The van der Waals surface area contributed by atoms with Gasteiger partial charge in [0.1, 0.15) is 35.2 Å². The lowest BCUT2D eigenvalue weighted by molar-refractivity contribution is -0.142. The second-order valence-electron chi connectivity index (χ2n) is 15.6. The number of fused-ring (bicyclic) bond motifs is 3. The highest BCUT2D eigenvalue weighted by molar-refractivity contribution is 7.91. The van der Waals surface area contributed by atoms with Gasteiger partial charge in [-0.15, -0.1) is 0 Å². The molecule has 0 bridgehead atoms. The van der Waals surface area contributed by atoms with Gasteiger partial charge in [-0.25, -0.2) is 18.2 Å². The normalized spacial score (nSPS) is 27.9. The lowest BCUT2D eigenvalue weighted by Gasteiger charge is -2.32. The molecule has 17 heteroatoms. The van der Waals surface area contributed by atoms with E-state index >= 15 is 0 Å². The van der Waals surface area contributed by atoms with E-state index in [1.807, 2.05) is 19.1 Å². The molecule has 304 valence electrons. The molecule has 2 aromatic carbocycles. The standard InChI is InChI=1S/C40H48N6O10S/c1-22-7-5-6-8-25-20-40(25,38(49)45-57(52,53)29-14-15-29)44-35(47)32-19-28(21-46(32)37(48)33(23(2)17-22)42-39(50)51)56-36-30-16-13-27(55-4)18-31(30)41-34(43-36)24-9-11-26(54-3)12-10-24/h6,8-13,16,18,22-23,25,28-29,32-33,42H,5,7,14-15,17,19-21H2,1-4H3,(H,44,47)(H,45,49)(H,50,51)/t22-,23-,25-,28-,32+,33+,40-/m1/s1. The Bertz CT molecular complexity index is 2200. The van der Waals surface area contributed by atoms with Crippen molar-refractivity contribution in [3.63, 3.8) is 0 Å². The monoisotopic (exact) mass is 804 g/mol. The number of nitrogens with one attached hydrogen (secondary N) is 3. The lowest BCUT2D eigenvalue weighted by Crippen LogP contribution is -2.59. The van der Waals surface area contributed by atoms with Crippen LogP contribution in [0.5, 0.6) is 17.4 Å². The highest BCUT2D eigenvalue weighted by Gasteiger charge is 2.62. The van der Waals surface area contributed by atoms with Crippen LogP contribution in [-0.2, 0) is 24.4 Å². The molecule has 3 aromatic rings. The molecule has 16 nitrogen and oxygen atoms in total. The Morgan fingerprint density at radius 3 is 2.39 bits per heavy atom. The van der Waals surface area contributed by atoms with E-state index in [-0.39, 0.29) is 31.2 Å². The fourth-order valence-corrected chi connectivity index (χ4v) is 9.32. The summed E-state index contributed by atoms with van der Waals surface area (Å²) in [5.41, 5.74) is -0.372. The molecule has 3 fully saturated rings. The van der Waals surface area contributed by atoms with E-state index in [9.17, 15) is 32.7 Å². The first kappa shape index (κ1) is 39.8.